The first kappa shape index (κ1) is 35.0. The number of hydrazine groups is 1. The molecule has 0 bridgehead atoms. The Morgan fingerprint density at radius 2 is 1.84 bits per heavy atom. The molecule has 260 valence electrons. The molecule has 3 aliphatic rings. The predicted octanol–water partition coefficient (Wildman–Crippen LogP) is -0.794. The lowest BCUT2D eigenvalue weighted by atomic mass is 10.1. The number of nitrogens with zero attached hydrogens (tertiary/aromatic N) is 5. The highest BCUT2D eigenvalue weighted by Gasteiger charge is 2.66. The van der Waals surface area contributed by atoms with Crippen LogP contribution in [0.1, 0.15) is 29.9 Å². The molecule has 20 nitrogen and oxygen atoms in total. The summed E-state index contributed by atoms with van der Waals surface area (Å²) in [6, 6.07) is -0.437. The molecule has 8 N–H and O–H groups in total. The quantitative estimate of drug-likeness (QED) is 0.0371. The van der Waals surface area contributed by atoms with Crippen molar-refractivity contribution in [2.45, 2.75) is 35.7 Å². The number of fused-ring (bicyclic) bond motifs is 1. The van der Waals surface area contributed by atoms with Crippen molar-refractivity contribution < 1.29 is 58.8 Å². The fraction of sp³-hybridized carbons (Fsp3) is 0.346. The summed E-state index contributed by atoms with van der Waals surface area (Å²) in [7, 11) is 0. The molecule has 1 aromatic carbocycles. The third-order valence-corrected chi connectivity index (χ3v) is 10.3. The normalized spacial score (nSPS) is 22.0. The van der Waals surface area contributed by atoms with Crippen LogP contribution >= 0.6 is 34.7 Å². The second-order valence-corrected chi connectivity index (χ2v) is 13.7. The van der Waals surface area contributed by atoms with E-state index in [0.717, 1.165) is 33.3 Å². The molecule has 0 radical (unpaired) electrons. The van der Waals surface area contributed by atoms with Gasteiger partial charge in [-0.05, 0) is 26.0 Å². The zero-order valence-electron chi connectivity index (χ0n) is 25.1. The van der Waals surface area contributed by atoms with E-state index < -0.39 is 97.7 Å². The number of aliphatic carboxylic acids is 2. The molecule has 3 saturated heterocycles. The first-order chi connectivity index (χ1) is 22.9. The minimum Gasteiger partial charge on any atom is -0.504 e. The van der Waals surface area contributed by atoms with E-state index in [9.17, 15) is 54.0 Å². The number of nitrogens with two attached hydrogens (primary N) is 1. The number of phenols is 2. The molecule has 3 fully saturated rings. The highest BCUT2D eigenvalue weighted by molar-refractivity contribution is 8.02. The zero-order chi connectivity index (χ0) is 36.2. The van der Waals surface area contributed by atoms with Crippen LogP contribution in [-0.2, 0) is 28.8 Å². The van der Waals surface area contributed by atoms with Gasteiger partial charge < -0.3 is 41.2 Å². The van der Waals surface area contributed by atoms with Gasteiger partial charge >= 0.3 is 23.9 Å². The second-order valence-electron chi connectivity index (χ2n) is 11.1. The number of halogens is 1. The Morgan fingerprint density at radius 3 is 2.45 bits per heavy atom. The topological polar surface area (TPSA) is 295 Å². The molecule has 5 amide bonds. The lowest BCUT2D eigenvalue weighted by Crippen LogP contribution is -2.68. The number of nitrogen functional groups attached to an aromatic ring is 1. The number of urea groups is 1. The van der Waals surface area contributed by atoms with E-state index in [-0.39, 0.29) is 23.9 Å². The number of Topliss-reactive ketones (excluding diaryl/α,β-unsaturated/α-hetero) is 1. The lowest BCUT2D eigenvalue weighted by molar-refractivity contribution is -0.161. The van der Waals surface area contributed by atoms with Gasteiger partial charge in [0.15, 0.2) is 22.3 Å². The summed E-state index contributed by atoms with van der Waals surface area (Å²) in [5.41, 5.74) is 4.80. The molecule has 49 heavy (non-hydrogen) atoms. The van der Waals surface area contributed by atoms with Gasteiger partial charge in [-0.3, -0.25) is 29.5 Å². The maximum Gasteiger partial charge on any atom is 0.350 e. The summed E-state index contributed by atoms with van der Waals surface area (Å²) in [5.74, 6) is -8.74. The fourth-order valence-electron chi connectivity index (χ4n) is 4.82. The molecule has 3 atom stereocenters. The molecule has 3 aliphatic heterocycles. The van der Waals surface area contributed by atoms with Crippen molar-refractivity contribution >= 4 is 87.0 Å². The van der Waals surface area contributed by atoms with Gasteiger partial charge in [-0.1, -0.05) is 28.5 Å². The summed E-state index contributed by atoms with van der Waals surface area (Å²) in [4.78, 5) is 98.3. The number of hydrogen-bond donors (Lipinski definition) is 7. The van der Waals surface area contributed by atoms with Crippen molar-refractivity contribution in [1.82, 2.24) is 30.5 Å². The van der Waals surface area contributed by atoms with Crippen LogP contribution in [0, 0.1) is 0 Å². The van der Waals surface area contributed by atoms with Gasteiger partial charge in [0.25, 0.3) is 11.7 Å². The standard InChI is InChI=1S/C26H25ClN8O12S2/c1-25(2,21(42)43)47-32-13(10-7-48-23(28)29-10)17(39)30-14-19(41)33-8-26(22(44)45,49-20(14)33)34-5-6-35(24(34)46)31-18(40)15(37)9-3-4-11(36)16(38)12(9)27/h3-4,7,14,20,36,38H,5-6,8H2,1-2H3,(H2,28,29)(H,30,39)(H,31,40)(H,42,43)(H,44,45)/b32-13-/t14?,20-,26-/m1/s1. The Bertz CT molecular complexity index is 1850. The van der Waals surface area contributed by atoms with Crippen LogP contribution in [0.2, 0.25) is 5.02 Å². The molecular weight excluding hydrogens is 716 g/mol. The number of carboxylic acid groups (broad SMARTS) is 2. The first-order valence-corrected chi connectivity index (χ1v) is 15.9. The molecule has 0 aliphatic carbocycles. The number of anilines is 1. The van der Waals surface area contributed by atoms with Crippen molar-refractivity contribution in [2.24, 2.45) is 5.16 Å². The monoisotopic (exact) mass is 740 g/mol. The number of benzene rings is 1. The van der Waals surface area contributed by atoms with Gasteiger partial charge in [0.05, 0.1) is 23.7 Å². The number of carbonyl (C=O) groups is 7. The number of aromatic nitrogens is 1. The van der Waals surface area contributed by atoms with E-state index in [4.69, 9.17) is 22.2 Å². The maximum atomic E-state index is 13.4. The third-order valence-electron chi connectivity index (χ3n) is 7.55. The number of carbonyl (C=O) groups excluding carboxylic acids is 5. The maximum absolute atomic E-state index is 13.4. The van der Waals surface area contributed by atoms with Crippen LogP contribution < -0.4 is 16.5 Å². The largest absolute Gasteiger partial charge is 0.504 e. The number of thioether (sulfide) groups is 1. The van der Waals surface area contributed by atoms with Gasteiger partial charge in [-0.25, -0.2) is 24.4 Å². The number of oxime groups is 1. The molecule has 1 aromatic heterocycles. The fourth-order valence-corrected chi connectivity index (χ4v) is 7.25. The molecule has 0 saturated carbocycles. The van der Waals surface area contributed by atoms with Crippen molar-refractivity contribution in [3.8, 4) is 11.5 Å². The SMILES string of the molecule is CC(C)(O/N=C(\C(=O)NC1C(=O)N2C[C@@](C(=O)O)(N3CCN(NC(=O)C(=O)c4ccc(O)c(O)c4Cl)C3=O)S[C@H]12)c1csc(N)n1)C(=O)O. The average molecular weight is 741 g/mol. The van der Waals surface area contributed by atoms with E-state index in [1.807, 2.05) is 0 Å². The van der Waals surface area contributed by atoms with Crippen LogP contribution in [-0.4, -0.2) is 129 Å². The highest BCUT2D eigenvalue weighted by Crippen LogP contribution is 2.49. The molecule has 5 rings (SSSR count). The number of ketones is 1. The number of phenolic OH excluding ortho intramolecular Hbond substituents is 2. The Morgan fingerprint density at radius 1 is 1.14 bits per heavy atom. The molecule has 2 aromatic rings. The van der Waals surface area contributed by atoms with Crippen LogP contribution in [0.15, 0.2) is 22.7 Å². The number of rotatable bonds is 11. The second kappa shape index (κ2) is 12.6. The first-order valence-electron chi connectivity index (χ1n) is 13.8. The smallest absolute Gasteiger partial charge is 0.350 e. The van der Waals surface area contributed by atoms with Crippen LogP contribution in [0.25, 0.3) is 0 Å². The van der Waals surface area contributed by atoms with Crippen molar-refractivity contribution in [2.75, 3.05) is 25.4 Å². The van der Waals surface area contributed by atoms with E-state index in [1.54, 1.807) is 0 Å². The molecular formula is C26H25ClN8O12S2. The highest BCUT2D eigenvalue weighted by atomic mass is 35.5. The van der Waals surface area contributed by atoms with Gasteiger partial charge in [-0.15, -0.1) is 11.3 Å². The minimum absolute atomic E-state index is 0.0461. The van der Waals surface area contributed by atoms with Crippen molar-refractivity contribution in [1.29, 1.82) is 0 Å². The van der Waals surface area contributed by atoms with Gasteiger partial charge in [0, 0.05) is 11.9 Å². The van der Waals surface area contributed by atoms with Gasteiger partial charge in [-0.2, -0.15) is 0 Å². The Labute approximate surface area is 287 Å². The number of β-lactam (4-membered cyclic amide) rings is 1. The number of thiazole rings is 1. The zero-order valence-corrected chi connectivity index (χ0v) is 27.5. The summed E-state index contributed by atoms with van der Waals surface area (Å²) in [5, 5.41) is 45.6. The van der Waals surface area contributed by atoms with E-state index in [1.165, 1.54) is 19.2 Å². The minimum atomic E-state index is -2.08. The predicted molar refractivity (Wildman–Crippen MR) is 167 cm³/mol. The number of nitrogens with one attached hydrogen (secondary N) is 2. The number of hydrogen-bond acceptors (Lipinski definition) is 15. The summed E-state index contributed by atoms with van der Waals surface area (Å²) in [6.45, 7) is 1.32. The Hall–Kier alpha value is -5.35. The van der Waals surface area contributed by atoms with Crippen LogP contribution in [0.5, 0.6) is 11.5 Å². The number of amides is 5. The van der Waals surface area contributed by atoms with E-state index in [2.05, 4.69) is 20.9 Å². The summed E-state index contributed by atoms with van der Waals surface area (Å²) >= 11 is 7.48. The van der Waals surface area contributed by atoms with Gasteiger partial charge in [0.2, 0.25) is 16.4 Å². The number of aromatic hydroxyl groups is 2. The van der Waals surface area contributed by atoms with Gasteiger partial charge in [0.1, 0.15) is 17.1 Å². The van der Waals surface area contributed by atoms with E-state index >= 15 is 0 Å². The van der Waals surface area contributed by atoms with Crippen molar-refractivity contribution in [3.63, 3.8) is 0 Å². The van der Waals surface area contributed by atoms with Crippen LogP contribution in [0.3, 0.4) is 0 Å². The summed E-state index contributed by atoms with van der Waals surface area (Å²) < 4.78 is 0. The molecule has 23 heteroatoms. The number of carboxylic acids is 2. The Balaban J connectivity index is 1.30. The third kappa shape index (κ3) is 6.08. The average Bonchev–Trinajstić information content (AvgIpc) is 3.74. The summed E-state index contributed by atoms with van der Waals surface area (Å²) in [6.07, 6.45) is 0. The van der Waals surface area contributed by atoms with E-state index in [0.29, 0.717) is 16.8 Å². The lowest BCUT2D eigenvalue weighted by Gasteiger charge is -2.41. The molecule has 1 unspecified atom stereocenters. The molecule has 0 spiro atoms. The van der Waals surface area contributed by atoms with Crippen molar-refractivity contribution in [3.05, 3.63) is 33.8 Å². The van der Waals surface area contributed by atoms with Crippen LogP contribution in [0.4, 0.5) is 9.93 Å². The molecule has 4 heterocycles. The Kier molecular flexibility index (Phi) is 8.99.